The highest BCUT2D eigenvalue weighted by molar-refractivity contribution is 5.69. The largest absolute Gasteiger partial charge is 0.322 e. The molecule has 0 unspecified atom stereocenters. The zero-order valence-electron chi connectivity index (χ0n) is 13.5. The van der Waals surface area contributed by atoms with E-state index < -0.39 is 5.54 Å². The minimum absolute atomic E-state index is 0.242. The average Bonchev–Trinajstić information content (AvgIpc) is 2.89. The zero-order chi connectivity index (χ0) is 16.6. The molecule has 0 saturated carbocycles. The van der Waals surface area contributed by atoms with Crippen LogP contribution in [0.2, 0.25) is 0 Å². The highest BCUT2D eigenvalue weighted by Gasteiger charge is 2.16. The quantitative estimate of drug-likeness (QED) is 0.792. The minimum atomic E-state index is -0.398. The Morgan fingerprint density at radius 3 is 2.35 bits per heavy atom. The summed E-state index contributed by atoms with van der Waals surface area (Å²) in [5.74, 6) is -0.242. The van der Waals surface area contributed by atoms with E-state index in [4.69, 9.17) is 5.73 Å². The number of nitrogens with two attached hydrogens (primary N) is 1. The molecule has 0 saturated heterocycles. The van der Waals surface area contributed by atoms with Gasteiger partial charge in [-0.05, 0) is 61.4 Å². The Morgan fingerprint density at radius 2 is 1.70 bits per heavy atom. The molecule has 118 valence electrons. The summed E-state index contributed by atoms with van der Waals surface area (Å²) >= 11 is 0. The first-order valence-electron chi connectivity index (χ1n) is 7.54. The normalized spacial score (nSPS) is 11.7. The molecule has 0 spiro atoms. The molecule has 3 aromatic rings. The van der Waals surface area contributed by atoms with Crippen LogP contribution < -0.4 is 5.73 Å². The second-order valence-corrected chi connectivity index (χ2v) is 6.35. The van der Waals surface area contributed by atoms with Gasteiger partial charge in [-0.25, -0.2) is 4.39 Å². The van der Waals surface area contributed by atoms with Crippen LogP contribution in [-0.4, -0.2) is 9.78 Å². The van der Waals surface area contributed by atoms with Gasteiger partial charge >= 0.3 is 0 Å². The Morgan fingerprint density at radius 1 is 1.00 bits per heavy atom. The van der Waals surface area contributed by atoms with Crippen molar-refractivity contribution in [1.29, 1.82) is 0 Å². The molecule has 0 radical (unpaired) electrons. The summed E-state index contributed by atoms with van der Waals surface area (Å²) in [6, 6.07) is 16.5. The third-order valence-corrected chi connectivity index (χ3v) is 3.92. The number of nitrogens with zero attached hydrogens (tertiary/aromatic N) is 2. The third-order valence-electron chi connectivity index (χ3n) is 3.92. The number of halogens is 1. The molecule has 4 heteroatoms. The SMILES string of the molecule is Cn1nc(-c2cccc(C(C)(C)N)c2)cc1-c1ccc(F)cc1. The topological polar surface area (TPSA) is 43.8 Å². The summed E-state index contributed by atoms with van der Waals surface area (Å²) in [7, 11) is 1.89. The molecule has 3 rings (SSSR count). The predicted molar refractivity (Wildman–Crippen MR) is 91.3 cm³/mol. The highest BCUT2D eigenvalue weighted by Crippen LogP contribution is 2.28. The highest BCUT2D eigenvalue weighted by atomic mass is 19.1. The van der Waals surface area contributed by atoms with Crippen molar-refractivity contribution in [3.05, 3.63) is 66.0 Å². The van der Waals surface area contributed by atoms with Crippen LogP contribution in [0.5, 0.6) is 0 Å². The lowest BCUT2D eigenvalue weighted by Gasteiger charge is -2.19. The first kappa shape index (κ1) is 15.4. The van der Waals surface area contributed by atoms with E-state index in [1.54, 1.807) is 12.1 Å². The molecule has 0 aliphatic rings. The Balaban J connectivity index is 2.03. The smallest absolute Gasteiger partial charge is 0.123 e. The molecule has 0 atom stereocenters. The summed E-state index contributed by atoms with van der Waals surface area (Å²) < 4.78 is 14.9. The van der Waals surface area contributed by atoms with E-state index in [0.29, 0.717) is 0 Å². The number of aromatic nitrogens is 2. The minimum Gasteiger partial charge on any atom is -0.322 e. The van der Waals surface area contributed by atoms with E-state index in [9.17, 15) is 4.39 Å². The van der Waals surface area contributed by atoms with Crippen LogP contribution in [0.3, 0.4) is 0 Å². The van der Waals surface area contributed by atoms with Gasteiger partial charge in [0.15, 0.2) is 0 Å². The lowest BCUT2D eigenvalue weighted by molar-refractivity contribution is 0.554. The summed E-state index contributed by atoms with van der Waals surface area (Å²) in [5, 5.41) is 4.58. The van der Waals surface area contributed by atoms with Crippen molar-refractivity contribution in [2.75, 3.05) is 0 Å². The fraction of sp³-hybridized carbons (Fsp3) is 0.211. The molecule has 23 heavy (non-hydrogen) atoms. The lowest BCUT2D eigenvalue weighted by atomic mass is 9.93. The van der Waals surface area contributed by atoms with E-state index in [-0.39, 0.29) is 5.82 Å². The fourth-order valence-corrected chi connectivity index (χ4v) is 2.58. The molecular formula is C19H20FN3. The standard InChI is InChI=1S/C19H20FN3/c1-19(2,21)15-6-4-5-14(11-15)17-12-18(23(3)22-17)13-7-9-16(20)10-8-13/h4-12H,21H2,1-3H3. The van der Waals surface area contributed by atoms with Gasteiger partial charge in [-0.15, -0.1) is 0 Å². The maximum atomic E-state index is 13.1. The van der Waals surface area contributed by atoms with Crippen molar-refractivity contribution in [2.45, 2.75) is 19.4 Å². The Kier molecular flexibility index (Phi) is 3.78. The second kappa shape index (κ2) is 5.63. The third kappa shape index (κ3) is 3.17. The predicted octanol–water partition coefficient (Wildman–Crippen LogP) is 4.09. The molecule has 0 fully saturated rings. The Hall–Kier alpha value is -2.46. The van der Waals surface area contributed by atoms with Crippen LogP contribution in [-0.2, 0) is 12.6 Å². The molecule has 3 nitrogen and oxygen atoms in total. The molecule has 2 aromatic carbocycles. The van der Waals surface area contributed by atoms with Gasteiger partial charge in [0.1, 0.15) is 5.82 Å². The van der Waals surface area contributed by atoms with E-state index in [0.717, 1.165) is 28.1 Å². The van der Waals surface area contributed by atoms with Crippen molar-refractivity contribution < 1.29 is 4.39 Å². The average molecular weight is 309 g/mol. The van der Waals surface area contributed by atoms with Crippen molar-refractivity contribution >= 4 is 0 Å². The molecule has 2 N–H and O–H groups in total. The second-order valence-electron chi connectivity index (χ2n) is 6.35. The van der Waals surface area contributed by atoms with Crippen LogP contribution in [0.15, 0.2) is 54.6 Å². The van der Waals surface area contributed by atoms with Crippen LogP contribution in [0, 0.1) is 5.82 Å². The van der Waals surface area contributed by atoms with Crippen molar-refractivity contribution in [1.82, 2.24) is 9.78 Å². The first-order chi connectivity index (χ1) is 10.8. The van der Waals surface area contributed by atoms with Crippen LogP contribution in [0.25, 0.3) is 22.5 Å². The molecule has 0 amide bonds. The maximum Gasteiger partial charge on any atom is 0.123 e. The van der Waals surface area contributed by atoms with Gasteiger partial charge in [-0.3, -0.25) is 4.68 Å². The molecule has 0 aliphatic carbocycles. The Labute approximate surface area is 135 Å². The van der Waals surface area contributed by atoms with Gasteiger partial charge in [0.25, 0.3) is 0 Å². The summed E-state index contributed by atoms with van der Waals surface area (Å²) in [6.07, 6.45) is 0. The number of rotatable bonds is 3. The molecular weight excluding hydrogens is 289 g/mol. The summed E-state index contributed by atoms with van der Waals surface area (Å²) in [5.41, 5.74) is 10.6. The van der Waals surface area contributed by atoms with Crippen molar-refractivity contribution in [3.63, 3.8) is 0 Å². The molecule has 1 aromatic heterocycles. The van der Waals surface area contributed by atoms with Gasteiger partial charge in [-0.1, -0.05) is 18.2 Å². The van der Waals surface area contributed by atoms with Gasteiger partial charge in [0.2, 0.25) is 0 Å². The first-order valence-corrected chi connectivity index (χ1v) is 7.54. The number of hydrogen-bond acceptors (Lipinski definition) is 2. The fourth-order valence-electron chi connectivity index (χ4n) is 2.58. The lowest BCUT2D eigenvalue weighted by Crippen LogP contribution is -2.28. The zero-order valence-corrected chi connectivity index (χ0v) is 13.5. The number of benzene rings is 2. The number of hydrogen-bond donors (Lipinski definition) is 1. The number of aryl methyl sites for hydroxylation is 1. The van der Waals surface area contributed by atoms with Crippen LogP contribution in [0.4, 0.5) is 4.39 Å². The van der Waals surface area contributed by atoms with E-state index >= 15 is 0 Å². The van der Waals surface area contributed by atoms with Crippen LogP contribution in [0.1, 0.15) is 19.4 Å². The summed E-state index contributed by atoms with van der Waals surface area (Å²) in [4.78, 5) is 0. The van der Waals surface area contributed by atoms with E-state index in [1.165, 1.54) is 12.1 Å². The molecule has 0 aliphatic heterocycles. The van der Waals surface area contributed by atoms with Crippen molar-refractivity contribution in [3.8, 4) is 22.5 Å². The maximum absolute atomic E-state index is 13.1. The van der Waals surface area contributed by atoms with E-state index in [2.05, 4.69) is 11.2 Å². The van der Waals surface area contributed by atoms with Gasteiger partial charge in [0, 0.05) is 18.2 Å². The van der Waals surface area contributed by atoms with Crippen molar-refractivity contribution in [2.24, 2.45) is 12.8 Å². The van der Waals surface area contributed by atoms with Gasteiger partial charge in [0.05, 0.1) is 11.4 Å². The van der Waals surface area contributed by atoms with Gasteiger partial charge in [-0.2, -0.15) is 5.10 Å². The molecule has 0 bridgehead atoms. The summed E-state index contributed by atoms with van der Waals surface area (Å²) in [6.45, 7) is 3.96. The van der Waals surface area contributed by atoms with E-state index in [1.807, 2.05) is 49.8 Å². The van der Waals surface area contributed by atoms with Crippen LogP contribution >= 0.6 is 0 Å². The monoisotopic (exact) mass is 309 g/mol. The Bertz CT molecular complexity index is 827. The molecule has 1 heterocycles. The van der Waals surface area contributed by atoms with Gasteiger partial charge < -0.3 is 5.73 Å².